The molecule has 1 atom stereocenters. The maximum Gasteiger partial charge on any atom is 0.321 e. The zero-order valence-corrected chi connectivity index (χ0v) is 17.7. The van der Waals surface area contributed by atoms with Crippen LogP contribution in [-0.4, -0.2) is 70.3 Å². The summed E-state index contributed by atoms with van der Waals surface area (Å²) in [5, 5.41) is 3.28. The molecule has 0 unspecified atom stereocenters. The fraction of sp³-hybridized carbons (Fsp3) is 0.500. The summed E-state index contributed by atoms with van der Waals surface area (Å²) < 4.78 is 5.49. The van der Waals surface area contributed by atoms with Crippen LogP contribution in [0.25, 0.3) is 11.1 Å². The van der Waals surface area contributed by atoms with E-state index in [4.69, 9.17) is 10.2 Å². The van der Waals surface area contributed by atoms with Crippen LogP contribution in [0.15, 0.2) is 16.5 Å². The van der Waals surface area contributed by atoms with E-state index in [1.54, 1.807) is 24.0 Å². The Morgan fingerprint density at radius 2 is 1.97 bits per heavy atom. The maximum absolute atomic E-state index is 13.0. The van der Waals surface area contributed by atoms with Gasteiger partial charge in [-0.1, -0.05) is 0 Å². The van der Waals surface area contributed by atoms with Crippen LogP contribution < -0.4 is 11.1 Å². The number of nitrogens with two attached hydrogens (primary N) is 1. The van der Waals surface area contributed by atoms with E-state index in [2.05, 4.69) is 10.3 Å². The minimum Gasteiger partial charge on any atom is -0.430 e. The van der Waals surface area contributed by atoms with E-state index in [0.717, 1.165) is 43.1 Å². The molecule has 160 valence electrons. The van der Waals surface area contributed by atoms with E-state index < -0.39 is 5.91 Å². The van der Waals surface area contributed by atoms with Crippen molar-refractivity contribution in [2.75, 3.05) is 43.0 Å². The largest absolute Gasteiger partial charge is 0.430 e. The molecule has 0 radical (unpaired) electrons. The van der Waals surface area contributed by atoms with Crippen LogP contribution in [0.2, 0.25) is 0 Å². The predicted octanol–water partition coefficient (Wildman–Crippen LogP) is 2.05. The van der Waals surface area contributed by atoms with Gasteiger partial charge < -0.3 is 25.3 Å². The molecule has 0 aliphatic carbocycles. The molecule has 4 heterocycles. The lowest BCUT2D eigenvalue weighted by Gasteiger charge is -2.36. The highest BCUT2D eigenvalue weighted by molar-refractivity contribution is 7.99. The van der Waals surface area contributed by atoms with E-state index in [-0.39, 0.29) is 35.0 Å². The van der Waals surface area contributed by atoms with Crippen molar-refractivity contribution in [3.63, 3.8) is 0 Å². The number of aromatic nitrogens is 1. The first-order valence-electron chi connectivity index (χ1n) is 10.1. The van der Waals surface area contributed by atoms with Gasteiger partial charge in [0.2, 0.25) is 17.4 Å². The summed E-state index contributed by atoms with van der Waals surface area (Å²) in [5.74, 6) is 0.925. The Balaban J connectivity index is 1.50. The van der Waals surface area contributed by atoms with E-state index in [9.17, 15) is 14.4 Å². The number of hydrogen-bond acceptors (Lipinski definition) is 6. The molecule has 2 fully saturated rings. The van der Waals surface area contributed by atoms with E-state index in [0.29, 0.717) is 18.5 Å². The summed E-state index contributed by atoms with van der Waals surface area (Å²) >= 11 is 1.86. The van der Waals surface area contributed by atoms with Gasteiger partial charge in [-0.05, 0) is 31.9 Å². The summed E-state index contributed by atoms with van der Waals surface area (Å²) in [4.78, 5) is 45.4. The first-order valence-corrected chi connectivity index (χ1v) is 11.2. The van der Waals surface area contributed by atoms with Gasteiger partial charge in [0.25, 0.3) is 5.91 Å². The van der Waals surface area contributed by atoms with Crippen molar-refractivity contribution in [3.8, 4) is 0 Å². The normalized spacial score (nSPS) is 19.7. The van der Waals surface area contributed by atoms with Crippen LogP contribution in [0.4, 0.5) is 10.5 Å². The van der Waals surface area contributed by atoms with Gasteiger partial charge in [-0.25, -0.2) is 9.78 Å². The fourth-order valence-corrected chi connectivity index (χ4v) is 4.86. The number of aryl methyl sites for hydroxylation is 1. The van der Waals surface area contributed by atoms with Gasteiger partial charge in [0.1, 0.15) is 5.69 Å². The predicted molar refractivity (Wildman–Crippen MR) is 114 cm³/mol. The van der Waals surface area contributed by atoms with Crippen LogP contribution in [-0.2, 0) is 4.79 Å². The Hall–Kier alpha value is -2.75. The SMILES string of the molecule is Cc1ccc2c(NC(=O)N3CCC[C@@H](C(=O)N4CCSCC4)C3)c(C(N)=O)oc2n1. The Morgan fingerprint density at radius 1 is 1.20 bits per heavy atom. The van der Waals surface area contributed by atoms with Crippen molar-refractivity contribution in [3.05, 3.63) is 23.6 Å². The first kappa shape index (κ1) is 20.5. The van der Waals surface area contributed by atoms with Gasteiger partial charge >= 0.3 is 6.03 Å². The molecule has 2 aliphatic rings. The number of amides is 4. The second-order valence-corrected chi connectivity index (χ2v) is 8.85. The molecule has 2 aromatic rings. The molecule has 4 amide bonds. The third-order valence-electron chi connectivity index (χ3n) is 5.53. The van der Waals surface area contributed by atoms with Gasteiger partial charge in [-0.2, -0.15) is 11.8 Å². The van der Waals surface area contributed by atoms with Crippen LogP contribution in [0.5, 0.6) is 0 Å². The third kappa shape index (κ3) is 4.09. The lowest BCUT2D eigenvalue weighted by Crippen LogP contribution is -2.49. The summed E-state index contributed by atoms with van der Waals surface area (Å²) in [5.41, 5.74) is 6.62. The topological polar surface area (TPSA) is 122 Å². The molecule has 3 N–H and O–H groups in total. The van der Waals surface area contributed by atoms with Crippen LogP contribution in [0.1, 0.15) is 29.1 Å². The molecule has 0 aromatic carbocycles. The highest BCUT2D eigenvalue weighted by Gasteiger charge is 2.32. The molecule has 2 aliphatic heterocycles. The highest BCUT2D eigenvalue weighted by atomic mass is 32.2. The van der Waals surface area contributed by atoms with E-state index in [1.165, 1.54) is 0 Å². The number of carbonyl (C=O) groups is 3. The highest BCUT2D eigenvalue weighted by Crippen LogP contribution is 2.30. The number of thioether (sulfide) groups is 1. The number of hydrogen-bond donors (Lipinski definition) is 2. The standard InChI is InChI=1S/C20H25N5O4S/c1-12-4-5-14-15(16(17(21)26)29-18(14)22-12)23-20(28)25-6-2-3-13(11-25)19(27)24-7-9-30-10-8-24/h4-5,13H,2-3,6-11H2,1H3,(H2,21,26)(H,23,28)/t13-/m1/s1. The zero-order chi connectivity index (χ0) is 21.3. The molecular formula is C20H25N5O4S. The summed E-state index contributed by atoms with van der Waals surface area (Å²) in [6.07, 6.45) is 1.53. The van der Waals surface area contributed by atoms with Gasteiger partial charge in [0, 0.05) is 43.4 Å². The lowest BCUT2D eigenvalue weighted by molar-refractivity contribution is -0.136. The van der Waals surface area contributed by atoms with Crippen molar-refractivity contribution in [1.29, 1.82) is 0 Å². The summed E-state index contributed by atoms with van der Waals surface area (Å²) in [6.45, 7) is 4.23. The number of fused-ring (bicyclic) bond motifs is 1. The molecule has 10 heteroatoms. The average molecular weight is 432 g/mol. The first-order chi connectivity index (χ1) is 14.4. The van der Waals surface area contributed by atoms with Gasteiger partial charge in [0.15, 0.2) is 0 Å². The second-order valence-electron chi connectivity index (χ2n) is 7.63. The minimum atomic E-state index is -0.782. The number of likely N-dealkylation sites (tertiary alicyclic amines) is 1. The van der Waals surface area contributed by atoms with Crippen LogP contribution in [0.3, 0.4) is 0 Å². The number of urea groups is 1. The number of rotatable bonds is 3. The molecular weight excluding hydrogens is 406 g/mol. The molecule has 30 heavy (non-hydrogen) atoms. The lowest BCUT2D eigenvalue weighted by atomic mass is 9.96. The molecule has 0 saturated carbocycles. The summed E-state index contributed by atoms with van der Waals surface area (Å²) in [7, 11) is 0. The maximum atomic E-state index is 13.0. The average Bonchev–Trinajstić information content (AvgIpc) is 3.11. The zero-order valence-electron chi connectivity index (χ0n) is 16.8. The number of primary amides is 1. The van der Waals surface area contributed by atoms with Gasteiger partial charge in [0.05, 0.1) is 11.3 Å². The summed E-state index contributed by atoms with van der Waals surface area (Å²) in [6, 6.07) is 3.12. The number of piperidine rings is 1. The minimum absolute atomic E-state index is 0.124. The number of nitrogens with one attached hydrogen (secondary N) is 1. The molecule has 2 saturated heterocycles. The number of pyridine rings is 1. The number of nitrogens with zero attached hydrogens (tertiary/aromatic N) is 3. The third-order valence-corrected chi connectivity index (χ3v) is 6.47. The Kier molecular flexibility index (Phi) is 5.85. The van der Waals surface area contributed by atoms with Crippen LogP contribution >= 0.6 is 11.8 Å². The van der Waals surface area contributed by atoms with E-state index in [1.807, 2.05) is 16.7 Å². The van der Waals surface area contributed by atoms with Crippen molar-refractivity contribution in [2.45, 2.75) is 19.8 Å². The van der Waals surface area contributed by atoms with Crippen molar-refractivity contribution in [1.82, 2.24) is 14.8 Å². The van der Waals surface area contributed by atoms with Crippen molar-refractivity contribution < 1.29 is 18.8 Å². The smallest absolute Gasteiger partial charge is 0.321 e. The Bertz CT molecular complexity index is 985. The fourth-order valence-electron chi connectivity index (χ4n) is 3.96. The number of anilines is 1. The molecule has 0 spiro atoms. The second kappa shape index (κ2) is 8.55. The Morgan fingerprint density at radius 3 is 2.70 bits per heavy atom. The number of furan rings is 1. The van der Waals surface area contributed by atoms with E-state index >= 15 is 0 Å². The monoisotopic (exact) mass is 431 g/mol. The number of carbonyl (C=O) groups excluding carboxylic acids is 3. The van der Waals surface area contributed by atoms with Crippen molar-refractivity contribution >= 4 is 46.4 Å². The quantitative estimate of drug-likeness (QED) is 0.767. The van der Waals surface area contributed by atoms with Crippen LogP contribution in [0, 0.1) is 12.8 Å². The van der Waals surface area contributed by atoms with Crippen molar-refractivity contribution in [2.24, 2.45) is 11.7 Å². The Labute approximate surface area is 178 Å². The molecule has 4 rings (SSSR count). The van der Waals surface area contributed by atoms with Gasteiger partial charge in [-0.15, -0.1) is 0 Å². The molecule has 9 nitrogen and oxygen atoms in total. The molecule has 0 bridgehead atoms. The molecule has 2 aromatic heterocycles. The van der Waals surface area contributed by atoms with Gasteiger partial charge in [-0.3, -0.25) is 9.59 Å².